The van der Waals surface area contributed by atoms with Gasteiger partial charge in [0.15, 0.2) is 34.7 Å². The summed E-state index contributed by atoms with van der Waals surface area (Å²) in [5.74, 6) is -14.8. The number of benzene rings is 1. The van der Waals surface area contributed by atoms with E-state index in [0.717, 1.165) is 12.5 Å². The van der Waals surface area contributed by atoms with E-state index in [9.17, 15) is 44.1 Å². The first kappa shape index (κ1) is 30.2. The third-order valence-electron chi connectivity index (χ3n) is 8.64. The molecule has 1 aromatic rings. The zero-order valence-corrected chi connectivity index (χ0v) is 23.2. The molecule has 2 saturated carbocycles. The van der Waals surface area contributed by atoms with Crippen molar-refractivity contribution in [2.75, 3.05) is 20.7 Å². The standard InChI is InChI=1S/C29H34N2O10/c1-5-6-11-41-15(33)10-8-13-7-9-14(32)18-16(13)12(2)17-19(23(18)34)26(37)29(40)21(24(17)35)22(31(3)4)25(36)20(27(29)38)28(30)39/h7-10,12,17,19-22,24,32,35,40H,5-6,11H2,1-4H3,(H2,30,39)/b10-8+/t12-,17+,19?,20?,21+,22-,24-,29-/m0/s1. The lowest BCUT2D eigenvalue weighted by Gasteiger charge is -2.56. The van der Waals surface area contributed by atoms with Crippen LogP contribution in [0.5, 0.6) is 5.75 Å². The van der Waals surface area contributed by atoms with Gasteiger partial charge in [-0.25, -0.2) is 4.79 Å². The molecule has 5 N–H and O–H groups in total. The second-order valence-electron chi connectivity index (χ2n) is 11.2. The number of unbranched alkanes of at least 4 members (excludes halogenated alkanes) is 1. The van der Waals surface area contributed by atoms with Crippen molar-refractivity contribution in [1.29, 1.82) is 0 Å². The third-order valence-corrected chi connectivity index (χ3v) is 8.64. The van der Waals surface area contributed by atoms with Crippen molar-refractivity contribution in [3.05, 3.63) is 34.9 Å². The van der Waals surface area contributed by atoms with Crippen LogP contribution in [0.4, 0.5) is 0 Å². The Balaban J connectivity index is 1.86. The van der Waals surface area contributed by atoms with Crippen molar-refractivity contribution < 1.29 is 48.8 Å². The molecule has 41 heavy (non-hydrogen) atoms. The van der Waals surface area contributed by atoms with E-state index in [1.165, 1.54) is 37.2 Å². The number of phenolic OH excluding ortho intramolecular Hbond substituents is 1. The molecule has 8 atom stereocenters. The predicted octanol–water partition coefficient (Wildman–Crippen LogP) is -0.245. The van der Waals surface area contributed by atoms with Crippen LogP contribution in [0.2, 0.25) is 0 Å². The zero-order valence-electron chi connectivity index (χ0n) is 23.2. The number of amides is 1. The van der Waals surface area contributed by atoms with Gasteiger partial charge in [-0.2, -0.15) is 0 Å². The SMILES string of the molecule is CCCCOC(=O)/C=C/c1ccc(O)c2c1[C@H](C)[C@@H]1C(C2=O)C(=O)[C@]2(O)C(=O)C(C(N)=O)C(=O)[C@@H](N(C)C)[C@@H]2[C@H]1O. The second kappa shape index (κ2) is 10.9. The van der Waals surface area contributed by atoms with Crippen molar-refractivity contribution in [3.63, 3.8) is 0 Å². The van der Waals surface area contributed by atoms with Gasteiger partial charge in [0.25, 0.3) is 0 Å². The highest BCUT2D eigenvalue weighted by atomic mass is 16.5. The Morgan fingerprint density at radius 1 is 1.15 bits per heavy atom. The number of aliphatic hydroxyl groups is 2. The van der Waals surface area contributed by atoms with E-state index in [-0.39, 0.29) is 17.7 Å². The fraction of sp³-hybridized carbons (Fsp3) is 0.517. The summed E-state index contributed by atoms with van der Waals surface area (Å²) in [6, 6.07) is 1.22. The molecule has 0 aromatic heterocycles. The number of nitrogens with zero attached hydrogens (tertiary/aromatic N) is 1. The van der Waals surface area contributed by atoms with Crippen molar-refractivity contribution in [3.8, 4) is 5.75 Å². The van der Waals surface area contributed by atoms with Gasteiger partial charge < -0.3 is 25.8 Å². The molecule has 12 heteroatoms. The first-order chi connectivity index (χ1) is 19.2. The Hall–Kier alpha value is -3.74. The van der Waals surface area contributed by atoms with Crippen LogP contribution in [0, 0.1) is 23.7 Å². The van der Waals surface area contributed by atoms with Crippen molar-refractivity contribution in [2.45, 2.75) is 50.4 Å². The number of hydrogen-bond donors (Lipinski definition) is 4. The number of fused-ring (bicyclic) bond motifs is 3. The lowest BCUT2D eigenvalue weighted by Crippen LogP contribution is -2.77. The van der Waals surface area contributed by atoms with E-state index in [0.29, 0.717) is 12.0 Å². The average molecular weight is 571 g/mol. The lowest BCUT2D eigenvalue weighted by molar-refractivity contribution is -0.196. The van der Waals surface area contributed by atoms with Crippen LogP contribution in [-0.2, 0) is 28.7 Å². The summed E-state index contributed by atoms with van der Waals surface area (Å²) in [5, 5.41) is 34.1. The maximum Gasteiger partial charge on any atom is 0.330 e. The molecule has 1 aromatic carbocycles. The number of rotatable bonds is 7. The fourth-order valence-electron chi connectivity index (χ4n) is 6.77. The zero-order chi connectivity index (χ0) is 30.5. The van der Waals surface area contributed by atoms with Crippen molar-refractivity contribution in [2.24, 2.45) is 29.4 Å². The van der Waals surface area contributed by atoms with E-state index < -0.39 is 88.1 Å². The number of aromatic hydroxyl groups is 1. The highest BCUT2D eigenvalue weighted by molar-refractivity contribution is 6.32. The molecule has 0 heterocycles. The number of carbonyl (C=O) groups excluding carboxylic acids is 6. The molecule has 3 aliphatic rings. The van der Waals surface area contributed by atoms with Gasteiger partial charge in [-0.1, -0.05) is 26.3 Å². The van der Waals surface area contributed by atoms with Crippen LogP contribution in [0.3, 0.4) is 0 Å². The quantitative estimate of drug-likeness (QED) is 0.146. The van der Waals surface area contributed by atoms with Crippen LogP contribution in [0.1, 0.15) is 54.1 Å². The van der Waals surface area contributed by atoms with Gasteiger partial charge in [-0.15, -0.1) is 0 Å². The minimum Gasteiger partial charge on any atom is -0.507 e. The number of likely N-dealkylation sites (N-methyl/N-ethyl adjacent to an activating group) is 1. The maximum atomic E-state index is 14.0. The van der Waals surface area contributed by atoms with Gasteiger partial charge in [0.1, 0.15) is 5.75 Å². The van der Waals surface area contributed by atoms with E-state index in [2.05, 4.69) is 0 Å². The number of esters is 1. The van der Waals surface area contributed by atoms with Gasteiger partial charge >= 0.3 is 5.97 Å². The number of phenols is 1. The number of ether oxygens (including phenoxy) is 1. The first-order valence-corrected chi connectivity index (χ1v) is 13.4. The van der Waals surface area contributed by atoms with Crippen LogP contribution in [0.15, 0.2) is 18.2 Å². The molecule has 0 spiro atoms. The summed E-state index contributed by atoms with van der Waals surface area (Å²) < 4.78 is 5.13. The number of hydrogen-bond acceptors (Lipinski definition) is 11. The van der Waals surface area contributed by atoms with E-state index in [1.807, 2.05) is 6.92 Å². The summed E-state index contributed by atoms with van der Waals surface area (Å²) in [6.45, 7) is 3.77. The number of nitrogens with two attached hydrogens (primary N) is 1. The van der Waals surface area contributed by atoms with Gasteiger partial charge in [0.2, 0.25) is 5.91 Å². The smallest absolute Gasteiger partial charge is 0.330 e. The largest absolute Gasteiger partial charge is 0.507 e. The van der Waals surface area contributed by atoms with Crippen LogP contribution in [0.25, 0.3) is 6.08 Å². The van der Waals surface area contributed by atoms with Gasteiger partial charge in [0, 0.05) is 12.0 Å². The Bertz CT molecular complexity index is 1370. The number of primary amides is 1. The van der Waals surface area contributed by atoms with Crippen LogP contribution < -0.4 is 5.73 Å². The molecular weight excluding hydrogens is 536 g/mol. The predicted molar refractivity (Wildman–Crippen MR) is 142 cm³/mol. The minimum atomic E-state index is -3.06. The number of ketones is 4. The maximum absolute atomic E-state index is 14.0. The number of aliphatic hydroxyl groups excluding tert-OH is 1. The van der Waals surface area contributed by atoms with Crippen LogP contribution >= 0.6 is 0 Å². The Labute approximate surface area is 236 Å². The monoisotopic (exact) mass is 570 g/mol. The Kier molecular flexibility index (Phi) is 8.05. The fourth-order valence-corrected chi connectivity index (χ4v) is 6.77. The van der Waals surface area contributed by atoms with Crippen molar-refractivity contribution in [1.82, 2.24) is 4.90 Å². The molecule has 1 amide bonds. The van der Waals surface area contributed by atoms with E-state index in [1.54, 1.807) is 6.92 Å². The highest BCUT2D eigenvalue weighted by Crippen LogP contribution is 2.55. The van der Waals surface area contributed by atoms with E-state index in [4.69, 9.17) is 10.5 Å². The van der Waals surface area contributed by atoms with Crippen molar-refractivity contribution >= 4 is 41.1 Å². The molecule has 3 aliphatic carbocycles. The van der Waals surface area contributed by atoms with Gasteiger partial charge in [0.05, 0.1) is 36.2 Å². The minimum absolute atomic E-state index is 0.228. The highest BCUT2D eigenvalue weighted by Gasteiger charge is 2.73. The molecule has 220 valence electrons. The average Bonchev–Trinajstić information content (AvgIpc) is 2.89. The molecule has 12 nitrogen and oxygen atoms in total. The molecular formula is C29H34N2O10. The molecule has 4 rings (SSSR count). The summed E-state index contributed by atoms with van der Waals surface area (Å²) in [4.78, 5) is 80.1. The summed E-state index contributed by atoms with van der Waals surface area (Å²) in [7, 11) is 2.84. The van der Waals surface area contributed by atoms with Gasteiger partial charge in [-0.3, -0.25) is 28.9 Å². The molecule has 0 radical (unpaired) electrons. The van der Waals surface area contributed by atoms with Crippen LogP contribution in [-0.4, -0.2) is 93.7 Å². The topological polar surface area (TPSA) is 202 Å². The number of Topliss-reactive ketones (excluding diaryl/α,β-unsaturated/α-hetero) is 4. The normalized spacial score (nSPS) is 33.0. The van der Waals surface area contributed by atoms with E-state index >= 15 is 0 Å². The Morgan fingerprint density at radius 3 is 2.39 bits per heavy atom. The first-order valence-electron chi connectivity index (χ1n) is 13.4. The second-order valence-corrected chi connectivity index (χ2v) is 11.2. The molecule has 2 unspecified atom stereocenters. The third kappa shape index (κ3) is 4.50. The summed E-state index contributed by atoms with van der Waals surface area (Å²) in [6.07, 6.45) is 2.33. The summed E-state index contributed by atoms with van der Waals surface area (Å²) in [5.41, 5.74) is 2.59. The number of carbonyl (C=O) groups is 6. The molecule has 0 bridgehead atoms. The molecule has 0 saturated heterocycles. The molecule has 0 aliphatic heterocycles. The molecule has 2 fully saturated rings. The summed E-state index contributed by atoms with van der Waals surface area (Å²) >= 11 is 0. The lowest BCUT2D eigenvalue weighted by atomic mass is 9.49. The van der Waals surface area contributed by atoms with Gasteiger partial charge in [-0.05, 0) is 49.7 Å². The Morgan fingerprint density at radius 2 is 1.80 bits per heavy atom.